The molecule has 0 saturated carbocycles. The summed E-state index contributed by atoms with van der Waals surface area (Å²) in [6.45, 7) is 0. The first-order valence-electron chi connectivity index (χ1n) is 6.51. The number of halogens is 2. The van der Waals surface area contributed by atoms with Crippen molar-refractivity contribution in [3.05, 3.63) is 49.9 Å². The summed E-state index contributed by atoms with van der Waals surface area (Å²) < 4.78 is 13.6. The smallest absolute Gasteiger partial charge is 0.265 e. The molecule has 3 rings (SSSR count). The lowest BCUT2D eigenvalue weighted by Crippen LogP contribution is -2.10. The first-order valence-corrected chi connectivity index (χ1v) is 8.12. The van der Waals surface area contributed by atoms with Gasteiger partial charge in [0.25, 0.3) is 5.91 Å². The number of hydrogen-bond donors (Lipinski definition) is 1. The van der Waals surface area contributed by atoms with Crippen LogP contribution in [-0.2, 0) is 12.8 Å². The average molecular weight is 354 g/mol. The van der Waals surface area contributed by atoms with Gasteiger partial charge in [-0.2, -0.15) is 0 Å². The molecule has 2 aromatic rings. The maximum atomic E-state index is 13.0. The van der Waals surface area contributed by atoms with E-state index in [1.165, 1.54) is 35.4 Å². The highest BCUT2D eigenvalue weighted by Crippen LogP contribution is 2.31. The second-order valence-corrected chi connectivity index (χ2v) is 6.84. The molecule has 0 atom stereocenters. The fraction of sp³-hybridized carbons (Fsp3) is 0.267. The van der Waals surface area contributed by atoms with E-state index in [-0.39, 0.29) is 11.7 Å². The third kappa shape index (κ3) is 2.79. The lowest BCUT2D eigenvalue weighted by Gasteiger charge is -2.08. The van der Waals surface area contributed by atoms with Crippen LogP contribution in [0.4, 0.5) is 10.1 Å². The Morgan fingerprint density at radius 1 is 1.25 bits per heavy atom. The summed E-state index contributed by atoms with van der Waals surface area (Å²) in [4.78, 5) is 14.3. The maximum Gasteiger partial charge on any atom is 0.265 e. The van der Waals surface area contributed by atoms with Gasteiger partial charge in [-0.3, -0.25) is 4.79 Å². The Morgan fingerprint density at radius 2 is 2.05 bits per heavy atom. The van der Waals surface area contributed by atoms with Gasteiger partial charge in [0.1, 0.15) is 5.82 Å². The van der Waals surface area contributed by atoms with Crippen molar-refractivity contribution in [2.45, 2.75) is 25.7 Å². The summed E-state index contributed by atoms with van der Waals surface area (Å²) >= 11 is 4.82. The number of anilines is 1. The van der Waals surface area contributed by atoms with Crippen molar-refractivity contribution in [3.63, 3.8) is 0 Å². The van der Waals surface area contributed by atoms with E-state index in [1.807, 2.05) is 6.07 Å². The van der Waals surface area contributed by atoms with Gasteiger partial charge in [0.2, 0.25) is 0 Å². The maximum absolute atomic E-state index is 13.0. The van der Waals surface area contributed by atoms with E-state index in [9.17, 15) is 9.18 Å². The number of benzene rings is 1. The lowest BCUT2D eigenvalue weighted by molar-refractivity contribution is 0.103. The van der Waals surface area contributed by atoms with Crippen LogP contribution in [0.3, 0.4) is 0 Å². The van der Waals surface area contributed by atoms with Crippen molar-refractivity contribution in [1.29, 1.82) is 0 Å². The molecule has 5 heteroatoms. The first kappa shape index (κ1) is 13.8. The third-order valence-corrected chi connectivity index (χ3v) is 5.29. The molecule has 1 N–H and O–H groups in total. The van der Waals surface area contributed by atoms with Crippen molar-refractivity contribution >= 4 is 38.9 Å². The molecule has 1 heterocycles. The van der Waals surface area contributed by atoms with Gasteiger partial charge in [0, 0.05) is 9.35 Å². The van der Waals surface area contributed by atoms with Crippen molar-refractivity contribution in [1.82, 2.24) is 0 Å². The molecule has 1 amide bonds. The summed E-state index contributed by atoms with van der Waals surface area (Å²) in [6, 6.07) is 6.23. The van der Waals surface area contributed by atoms with Gasteiger partial charge in [0.05, 0.1) is 10.6 Å². The zero-order valence-corrected chi connectivity index (χ0v) is 13.1. The second-order valence-electron chi connectivity index (χ2n) is 4.84. The summed E-state index contributed by atoms with van der Waals surface area (Å²) in [5, 5.41) is 2.82. The van der Waals surface area contributed by atoms with E-state index in [0.717, 1.165) is 17.7 Å². The molecule has 0 bridgehead atoms. The molecule has 1 aromatic heterocycles. The predicted octanol–water partition coefficient (Wildman–Crippen LogP) is 4.78. The molecular formula is C15H13BrFNOS. The summed E-state index contributed by atoms with van der Waals surface area (Å²) in [5.74, 6) is -0.460. The standard InChI is InChI=1S/C15H13BrFNOS/c16-11-8-10(17)5-6-12(11)18-15(19)14-7-9-3-1-2-4-13(9)20-14/h5-8H,1-4H2,(H,18,19). The van der Waals surface area contributed by atoms with E-state index in [1.54, 1.807) is 17.4 Å². The highest BCUT2D eigenvalue weighted by Gasteiger charge is 2.17. The number of amides is 1. The van der Waals surface area contributed by atoms with Gasteiger partial charge in [-0.25, -0.2) is 4.39 Å². The van der Waals surface area contributed by atoms with Crippen LogP contribution < -0.4 is 5.32 Å². The molecule has 0 fully saturated rings. The number of carbonyl (C=O) groups is 1. The molecular weight excluding hydrogens is 341 g/mol. The molecule has 0 spiro atoms. The molecule has 20 heavy (non-hydrogen) atoms. The fourth-order valence-electron chi connectivity index (χ4n) is 2.38. The topological polar surface area (TPSA) is 29.1 Å². The van der Waals surface area contributed by atoms with E-state index in [4.69, 9.17) is 0 Å². The largest absolute Gasteiger partial charge is 0.320 e. The number of thiophene rings is 1. The van der Waals surface area contributed by atoms with Crippen LogP contribution in [0.15, 0.2) is 28.7 Å². The Bertz CT molecular complexity index is 644. The van der Waals surface area contributed by atoms with Crippen LogP contribution >= 0.6 is 27.3 Å². The van der Waals surface area contributed by atoms with Crippen LogP contribution in [0.5, 0.6) is 0 Å². The van der Waals surface area contributed by atoms with Crippen LogP contribution in [0.1, 0.15) is 33.0 Å². The summed E-state index contributed by atoms with van der Waals surface area (Å²) in [5.41, 5.74) is 1.90. The summed E-state index contributed by atoms with van der Waals surface area (Å²) in [6.07, 6.45) is 4.55. The number of aryl methyl sites for hydroxylation is 2. The van der Waals surface area contributed by atoms with Gasteiger partial charge < -0.3 is 5.32 Å². The van der Waals surface area contributed by atoms with Crippen LogP contribution in [-0.4, -0.2) is 5.91 Å². The molecule has 1 aromatic carbocycles. The first-order chi connectivity index (χ1) is 9.63. The quantitative estimate of drug-likeness (QED) is 0.826. The molecule has 0 saturated heterocycles. The number of hydrogen-bond acceptors (Lipinski definition) is 2. The number of rotatable bonds is 2. The van der Waals surface area contributed by atoms with Crippen molar-refractivity contribution in [2.75, 3.05) is 5.32 Å². The Morgan fingerprint density at radius 3 is 2.80 bits per heavy atom. The highest BCUT2D eigenvalue weighted by atomic mass is 79.9. The Balaban J connectivity index is 1.80. The highest BCUT2D eigenvalue weighted by molar-refractivity contribution is 9.10. The molecule has 1 aliphatic carbocycles. The van der Waals surface area contributed by atoms with Gasteiger partial charge in [0.15, 0.2) is 0 Å². The molecule has 0 unspecified atom stereocenters. The minimum Gasteiger partial charge on any atom is -0.320 e. The minimum absolute atomic E-state index is 0.128. The normalized spacial score (nSPS) is 13.9. The van der Waals surface area contributed by atoms with Crippen molar-refractivity contribution in [2.24, 2.45) is 0 Å². The summed E-state index contributed by atoms with van der Waals surface area (Å²) in [7, 11) is 0. The molecule has 104 valence electrons. The fourth-order valence-corrected chi connectivity index (χ4v) is 3.98. The monoisotopic (exact) mass is 353 g/mol. The van der Waals surface area contributed by atoms with Crippen molar-refractivity contribution in [3.8, 4) is 0 Å². The van der Waals surface area contributed by atoms with Crippen LogP contribution in [0, 0.1) is 5.82 Å². The molecule has 1 aliphatic rings. The molecule has 0 radical (unpaired) electrons. The average Bonchev–Trinajstić information content (AvgIpc) is 2.86. The number of carbonyl (C=O) groups excluding carboxylic acids is 1. The zero-order valence-electron chi connectivity index (χ0n) is 10.7. The third-order valence-electron chi connectivity index (χ3n) is 3.40. The van der Waals surface area contributed by atoms with Crippen LogP contribution in [0.25, 0.3) is 0 Å². The minimum atomic E-state index is -0.332. The van der Waals surface area contributed by atoms with E-state index < -0.39 is 0 Å². The van der Waals surface area contributed by atoms with Gasteiger partial charge in [-0.1, -0.05) is 0 Å². The molecule has 0 aliphatic heterocycles. The Labute approximate surface area is 129 Å². The number of fused-ring (bicyclic) bond motifs is 1. The van der Waals surface area contributed by atoms with E-state index in [2.05, 4.69) is 21.2 Å². The van der Waals surface area contributed by atoms with E-state index >= 15 is 0 Å². The van der Waals surface area contributed by atoms with Crippen LogP contribution in [0.2, 0.25) is 0 Å². The zero-order chi connectivity index (χ0) is 14.1. The SMILES string of the molecule is O=C(Nc1ccc(F)cc1Br)c1cc2c(s1)CCCC2. The second kappa shape index (κ2) is 5.66. The lowest BCUT2D eigenvalue weighted by atomic mass is 9.99. The van der Waals surface area contributed by atoms with Gasteiger partial charge in [-0.15, -0.1) is 11.3 Å². The van der Waals surface area contributed by atoms with Crippen molar-refractivity contribution < 1.29 is 9.18 Å². The Kier molecular flexibility index (Phi) is 3.89. The Hall–Kier alpha value is -1.20. The van der Waals surface area contributed by atoms with E-state index in [0.29, 0.717) is 10.2 Å². The van der Waals surface area contributed by atoms with Gasteiger partial charge in [-0.05, 0) is 71.4 Å². The van der Waals surface area contributed by atoms with Gasteiger partial charge >= 0.3 is 0 Å². The molecule has 2 nitrogen and oxygen atoms in total. The number of nitrogens with one attached hydrogen (secondary N) is 1. The predicted molar refractivity (Wildman–Crippen MR) is 83.0 cm³/mol.